The molecule has 1 heterocycles. The molecular weight excluding hydrogens is 280 g/mol. The molecule has 4 nitrogen and oxygen atoms in total. The predicted molar refractivity (Wildman–Crippen MR) is 94.1 cm³/mol. The van der Waals surface area contributed by atoms with Crippen molar-refractivity contribution in [3.8, 4) is 0 Å². The molecule has 2 N–H and O–H groups in total. The molecule has 0 spiro atoms. The largest absolute Gasteiger partial charge is 0.372 e. The van der Waals surface area contributed by atoms with Crippen LogP contribution < -0.4 is 15.6 Å². The molecule has 0 aliphatic carbocycles. The molecule has 0 aromatic heterocycles. The Morgan fingerprint density at radius 1 is 1.19 bits per heavy atom. The van der Waals surface area contributed by atoms with Crippen molar-refractivity contribution in [3.05, 3.63) is 29.8 Å². The molecular formula is C16H24N4S. The minimum Gasteiger partial charge on any atom is -0.372 e. The second-order valence-electron chi connectivity index (χ2n) is 5.64. The number of nitrogens with one attached hydrogen (secondary N) is 2. The van der Waals surface area contributed by atoms with Crippen LogP contribution in [-0.2, 0) is 0 Å². The van der Waals surface area contributed by atoms with E-state index < -0.39 is 0 Å². The molecule has 0 atom stereocenters. The third-order valence-corrected chi connectivity index (χ3v) is 3.62. The lowest BCUT2D eigenvalue weighted by Crippen LogP contribution is -2.36. The maximum atomic E-state index is 5.11. The summed E-state index contributed by atoms with van der Waals surface area (Å²) in [5.41, 5.74) is 5.19. The average Bonchev–Trinajstić information content (AvgIpc) is 2.48. The summed E-state index contributed by atoms with van der Waals surface area (Å²) in [5, 5.41) is 7.77. The van der Waals surface area contributed by atoms with E-state index in [2.05, 4.69) is 45.0 Å². The first-order chi connectivity index (χ1) is 10.1. The molecule has 5 heteroatoms. The third-order valence-electron chi connectivity index (χ3n) is 3.41. The van der Waals surface area contributed by atoms with Crippen molar-refractivity contribution in [2.45, 2.75) is 39.2 Å². The highest BCUT2D eigenvalue weighted by Crippen LogP contribution is 2.19. The first-order valence-electron chi connectivity index (χ1n) is 7.60. The fourth-order valence-electron chi connectivity index (χ4n) is 2.38. The van der Waals surface area contributed by atoms with Crippen LogP contribution in [0.25, 0.3) is 0 Å². The zero-order valence-corrected chi connectivity index (χ0v) is 13.6. The van der Waals surface area contributed by atoms with E-state index >= 15 is 0 Å². The van der Waals surface area contributed by atoms with Crippen LogP contribution in [0.4, 0.5) is 5.69 Å². The van der Waals surface area contributed by atoms with E-state index in [0.717, 1.165) is 5.56 Å². The van der Waals surface area contributed by atoms with Gasteiger partial charge in [-0.3, -0.25) is 5.43 Å². The maximum absolute atomic E-state index is 5.11. The molecule has 21 heavy (non-hydrogen) atoms. The van der Waals surface area contributed by atoms with E-state index in [1.165, 1.54) is 38.0 Å². The highest BCUT2D eigenvalue weighted by atomic mass is 32.1. The summed E-state index contributed by atoms with van der Waals surface area (Å²) in [7, 11) is 0. The Labute approximate surface area is 132 Å². The first kappa shape index (κ1) is 15.8. The molecule has 0 radical (unpaired) electrons. The van der Waals surface area contributed by atoms with Gasteiger partial charge in [-0.25, -0.2) is 0 Å². The standard InChI is InChI=1S/C16H24N4S/c1-13(2)18-16(21)19-17-12-14-6-8-15(9-7-14)20-10-4-3-5-11-20/h6-9,12-13H,3-5,10-11H2,1-2H3,(H2,18,19,21)/b17-12+. The fourth-order valence-corrected chi connectivity index (χ4v) is 2.67. The minimum atomic E-state index is 0.309. The van der Waals surface area contributed by atoms with Crippen molar-refractivity contribution in [1.29, 1.82) is 0 Å². The molecule has 1 aliphatic heterocycles. The summed E-state index contributed by atoms with van der Waals surface area (Å²) in [6, 6.07) is 8.82. The van der Waals surface area contributed by atoms with E-state index in [-0.39, 0.29) is 0 Å². The number of thiocarbonyl (C=S) groups is 1. The van der Waals surface area contributed by atoms with Gasteiger partial charge in [0.2, 0.25) is 0 Å². The zero-order valence-electron chi connectivity index (χ0n) is 12.8. The molecule has 1 saturated heterocycles. The van der Waals surface area contributed by atoms with Crippen LogP contribution in [0.2, 0.25) is 0 Å². The molecule has 1 aliphatic rings. The molecule has 114 valence electrons. The minimum absolute atomic E-state index is 0.309. The van der Waals surface area contributed by atoms with Crippen LogP contribution >= 0.6 is 12.2 Å². The number of anilines is 1. The molecule has 0 saturated carbocycles. The van der Waals surface area contributed by atoms with Gasteiger partial charge in [0.25, 0.3) is 0 Å². The second-order valence-corrected chi connectivity index (χ2v) is 6.05. The van der Waals surface area contributed by atoms with Crippen LogP contribution in [0.1, 0.15) is 38.7 Å². The summed E-state index contributed by atoms with van der Waals surface area (Å²) in [6.07, 6.45) is 5.74. The van der Waals surface area contributed by atoms with Crippen LogP contribution in [0.5, 0.6) is 0 Å². The van der Waals surface area contributed by atoms with Gasteiger partial charge in [0.1, 0.15) is 0 Å². The Bertz CT molecular complexity index is 476. The summed E-state index contributed by atoms with van der Waals surface area (Å²) in [6.45, 7) is 6.42. The van der Waals surface area contributed by atoms with E-state index in [4.69, 9.17) is 12.2 Å². The van der Waals surface area contributed by atoms with Gasteiger partial charge in [-0.15, -0.1) is 0 Å². The van der Waals surface area contributed by atoms with Gasteiger partial charge in [0, 0.05) is 24.8 Å². The lowest BCUT2D eigenvalue weighted by Gasteiger charge is -2.28. The van der Waals surface area contributed by atoms with Crippen LogP contribution in [0, 0.1) is 0 Å². The summed E-state index contributed by atoms with van der Waals surface area (Å²) >= 11 is 5.11. The Balaban J connectivity index is 1.85. The van der Waals surface area contributed by atoms with E-state index in [9.17, 15) is 0 Å². The lowest BCUT2D eigenvalue weighted by atomic mass is 10.1. The van der Waals surface area contributed by atoms with Gasteiger partial charge < -0.3 is 10.2 Å². The van der Waals surface area contributed by atoms with Gasteiger partial charge in [0.15, 0.2) is 5.11 Å². The number of hydrogen-bond donors (Lipinski definition) is 2. The number of benzene rings is 1. The highest BCUT2D eigenvalue weighted by Gasteiger charge is 2.10. The van der Waals surface area contributed by atoms with E-state index in [1.807, 2.05) is 13.8 Å². The second kappa shape index (κ2) is 7.98. The maximum Gasteiger partial charge on any atom is 0.187 e. The molecule has 1 aromatic rings. The first-order valence-corrected chi connectivity index (χ1v) is 8.00. The summed E-state index contributed by atoms with van der Waals surface area (Å²) in [5.74, 6) is 0. The molecule has 2 rings (SSSR count). The molecule has 1 aromatic carbocycles. The zero-order chi connectivity index (χ0) is 15.1. The Hall–Kier alpha value is -1.62. The number of rotatable bonds is 4. The van der Waals surface area contributed by atoms with Gasteiger partial charge in [-0.1, -0.05) is 12.1 Å². The van der Waals surface area contributed by atoms with Crippen LogP contribution in [-0.4, -0.2) is 30.5 Å². The quantitative estimate of drug-likeness (QED) is 0.510. The molecule has 0 unspecified atom stereocenters. The van der Waals surface area contributed by atoms with Gasteiger partial charge in [-0.2, -0.15) is 5.10 Å². The van der Waals surface area contributed by atoms with Gasteiger partial charge in [-0.05, 0) is 63.0 Å². The number of hydrogen-bond acceptors (Lipinski definition) is 3. The summed E-state index contributed by atoms with van der Waals surface area (Å²) < 4.78 is 0. The van der Waals surface area contributed by atoms with Gasteiger partial charge >= 0.3 is 0 Å². The predicted octanol–water partition coefficient (Wildman–Crippen LogP) is 2.88. The van der Waals surface area contributed by atoms with Gasteiger partial charge in [0.05, 0.1) is 6.21 Å². The fraction of sp³-hybridized carbons (Fsp3) is 0.500. The summed E-state index contributed by atoms with van der Waals surface area (Å²) in [4.78, 5) is 2.45. The van der Waals surface area contributed by atoms with Crippen molar-refractivity contribution in [2.24, 2.45) is 5.10 Å². The average molecular weight is 304 g/mol. The highest BCUT2D eigenvalue weighted by molar-refractivity contribution is 7.80. The Morgan fingerprint density at radius 2 is 1.86 bits per heavy atom. The van der Waals surface area contributed by atoms with Crippen molar-refractivity contribution in [1.82, 2.24) is 10.7 Å². The lowest BCUT2D eigenvalue weighted by molar-refractivity contribution is 0.578. The topological polar surface area (TPSA) is 39.7 Å². The van der Waals surface area contributed by atoms with Crippen LogP contribution in [0.15, 0.2) is 29.4 Å². The van der Waals surface area contributed by atoms with Crippen molar-refractivity contribution >= 4 is 29.2 Å². The number of hydrazone groups is 1. The van der Waals surface area contributed by atoms with Crippen molar-refractivity contribution in [2.75, 3.05) is 18.0 Å². The molecule has 1 fully saturated rings. The third kappa shape index (κ3) is 5.34. The normalized spacial score (nSPS) is 15.5. The smallest absolute Gasteiger partial charge is 0.187 e. The molecule has 0 amide bonds. The van der Waals surface area contributed by atoms with Crippen molar-refractivity contribution < 1.29 is 0 Å². The Kier molecular flexibility index (Phi) is 5.99. The van der Waals surface area contributed by atoms with Crippen molar-refractivity contribution in [3.63, 3.8) is 0 Å². The van der Waals surface area contributed by atoms with E-state index in [1.54, 1.807) is 6.21 Å². The SMILES string of the molecule is CC(C)NC(=S)N/N=C/c1ccc(N2CCCCC2)cc1. The van der Waals surface area contributed by atoms with E-state index in [0.29, 0.717) is 11.2 Å². The molecule has 0 bridgehead atoms. The Morgan fingerprint density at radius 3 is 2.48 bits per heavy atom. The number of piperidine rings is 1. The number of nitrogens with zero attached hydrogens (tertiary/aromatic N) is 2. The van der Waals surface area contributed by atoms with Crippen LogP contribution in [0.3, 0.4) is 0 Å². The monoisotopic (exact) mass is 304 g/mol.